The number of rotatable bonds is 5. The van der Waals surface area contributed by atoms with Gasteiger partial charge in [0.2, 0.25) is 11.8 Å². The van der Waals surface area contributed by atoms with Crippen LogP contribution in [0, 0.1) is 5.41 Å². The van der Waals surface area contributed by atoms with Crippen LogP contribution in [0.4, 0.5) is 5.13 Å². The molecule has 1 aromatic carbocycles. The fourth-order valence-corrected chi connectivity index (χ4v) is 3.05. The molecular weight excluding hydrogens is 358 g/mol. The van der Waals surface area contributed by atoms with Crippen molar-refractivity contribution in [3.8, 4) is 0 Å². The summed E-state index contributed by atoms with van der Waals surface area (Å²) in [6.45, 7) is 7.06. The highest BCUT2D eigenvalue weighted by molar-refractivity contribution is 7.15. The summed E-state index contributed by atoms with van der Waals surface area (Å²) in [4.78, 5) is 29.4. The summed E-state index contributed by atoms with van der Waals surface area (Å²) >= 11 is 7.39. The van der Waals surface area contributed by atoms with Crippen LogP contribution in [0.5, 0.6) is 0 Å². The van der Waals surface area contributed by atoms with Crippen molar-refractivity contribution in [3.05, 3.63) is 45.9 Å². The van der Waals surface area contributed by atoms with Crippen LogP contribution in [0.15, 0.2) is 30.5 Å². The molecule has 1 heterocycles. The van der Waals surface area contributed by atoms with E-state index in [4.69, 9.17) is 11.6 Å². The lowest BCUT2D eigenvalue weighted by Crippen LogP contribution is -2.46. The summed E-state index contributed by atoms with van der Waals surface area (Å²) in [6, 6.07) is 7.00. The third kappa shape index (κ3) is 5.83. The molecule has 2 amide bonds. The smallest absolute Gasteiger partial charge is 0.248 e. The Morgan fingerprint density at radius 3 is 2.68 bits per heavy atom. The molecule has 2 N–H and O–H groups in total. The lowest BCUT2D eigenvalue weighted by atomic mass is 9.95. The molecule has 2 rings (SSSR count). The number of thiazole rings is 1. The molecule has 0 saturated heterocycles. The van der Waals surface area contributed by atoms with Crippen molar-refractivity contribution in [1.82, 2.24) is 10.3 Å². The van der Waals surface area contributed by atoms with Gasteiger partial charge in [-0.05, 0) is 24.6 Å². The Hall–Kier alpha value is -1.92. The largest absolute Gasteiger partial charge is 0.344 e. The Labute approximate surface area is 156 Å². The van der Waals surface area contributed by atoms with E-state index in [-0.39, 0.29) is 11.8 Å². The average molecular weight is 380 g/mol. The van der Waals surface area contributed by atoms with Crippen LogP contribution in [0.1, 0.15) is 38.1 Å². The fourth-order valence-electron chi connectivity index (χ4n) is 1.99. The second-order valence-electron chi connectivity index (χ2n) is 6.87. The van der Waals surface area contributed by atoms with E-state index in [0.29, 0.717) is 16.6 Å². The second kappa shape index (κ2) is 7.97. The van der Waals surface area contributed by atoms with E-state index in [9.17, 15) is 9.59 Å². The Balaban J connectivity index is 1.94. The number of hydrogen-bond donors (Lipinski definition) is 2. The lowest BCUT2D eigenvalue weighted by Gasteiger charge is -2.21. The van der Waals surface area contributed by atoms with Crippen LogP contribution < -0.4 is 10.6 Å². The third-order valence-electron chi connectivity index (χ3n) is 3.47. The van der Waals surface area contributed by atoms with Gasteiger partial charge in [0.1, 0.15) is 6.04 Å². The summed E-state index contributed by atoms with van der Waals surface area (Å²) in [6.07, 6.45) is 2.43. The molecule has 0 spiro atoms. The minimum Gasteiger partial charge on any atom is -0.344 e. The monoisotopic (exact) mass is 379 g/mol. The van der Waals surface area contributed by atoms with Gasteiger partial charge in [0.05, 0.1) is 0 Å². The van der Waals surface area contributed by atoms with E-state index in [2.05, 4.69) is 15.6 Å². The Bertz CT molecular complexity index is 768. The molecule has 5 nitrogen and oxygen atoms in total. The van der Waals surface area contributed by atoms with E-state index in [1.807, 2.05) is 24.3 Å². The van der Waals surface area contributed by atoms with Crippen LogP contribution >= 0.6 is 22.9 Å². The first-order chi connectivity index (χ1) is 11.6. The van der Waals surface area contributed by atoms with Crippen LogP contribution in [0.3, 0.4) is 0 Å². The standard InChI is InChI=1S/C18H22ClN3O2S/c1-11(21-16(24)18(2,3)4)15(23)22-17-20-10-14(25-17)9-12-6-5-7-13(19)8-12/h5-8,10-11H,9H2,1-4H3,(H,21,24)(H,20,22,23). The quantitative estimate of drug-likeness (QED) is 0.828. The lowest BCUT2D eigenvalue weighted by molar-refractivity contribution is -0.131. The Morgan fingerprint density at radius 2 is 2.04 bits per heavy atom. The van der Waals surface area contributed by atoms with Crippen molar-refractivity contribution in [3.63, 3.8) is 0 Å². The number of aromatic nitrogens is 1. The van der Waals surface area contributed by atoms with Crippen molar-refractivity contribution >= 4 is 39.9 Å². The SMILES string of the molecule is CC(NC(=O)C(C)(C)C)C(=O)Nc1ncc(Cc2cccc(Cl)c2)s1. The first-order valence-corrected chi connectivity index (χ1v) is 9.15. The predicted octanol–water partition coefficient (Wildman–Crippen LogP) is 3.88. The third-order valence-corrected chi connectivity index (χ3v) is 4.62. The van der Waals surface area contributed by atoms with Gasteiger partial charge < -0.3 is 10.6 Å². The number of nitrogens with one attached hydrogen (secondary N) is 2. The number of amides is 2. The van der Waals surface area contributed by atoms with Gasteiger partial charge in [-0.1, -0.05) is 44.5 Å². The topological polar surface area (TPSA) is 71.1 Å². The van der Waals surface area contributed by atoms with E-state index in [0.717, 1.165) is 10.4 Å². The summed E-state index contributed by atoms with van der Waals surface area (Å²) in [5.41, 5.74) is 0.541. The maximum Gasteiger partial charge on any atom is 0.248 e. The van der Waals surface area contributed by atoms with E-state index in [1.54, 1.807) is 33.9 Å². The van der Waals surface area contributed by atoms with Gasteiger partial charge in [0.15, 0.2) is 5.13 Å². The highest BCUT2D eigenvalue weighted by Gasteiger charge is 2.25. The number of halogens is 1. The molecule has 1 unspecified atom stereocenters. The van der Waals surface area contributed by atoms with Crippen molar-refractivity contribution in [2.75, 3.05) is 5.32 Å². The van der Waals surface area contributed by atoms with Gasteiger partial charge in [-0.3, -0.25) is 9.59 Å². The zero-order valence-electron chi connectivity index (χ0n) is 14.7. The molecule has 1 atom stereocenters. The minimum atomic E-state index is -0.632. The molecule has 0 saturated carbocycles. The zero-order chi connectivity index (χ0) is 18.6. The predicted molar refractivity (Wildman–Crippen MR) is 102 cm³/mol. The number of anilines is 1. The number of carbonyl (C=O) groups excluding carboxylic acids is 2. The van der Waals surface area contributed by atoms with Crippen LogP contribution in [-0.2, 0) is 16.0 Å². The maximum atomic E-state index is 12.2. The molecule has 134 valence electrons. The van der Waals surface area contributed by atoms with E-state index in [1.165, 1.54) is 11.3 Å². The van der Waals surface area contributed by atoms with Crippen molar-refractivity contribution in [1.29, 1.82) is 0 Å². The van der Waals surface area contributed by atoms with Crippen molar-refractivity contribution in [2.45, 2.75) is 40.2 Å². The minimum absolute atomic E-state index is 0.170. The van der Waals surface area contributed by atoms with Crippen LogP contribution in [0.2, 0.25) is 5.02 Å². The fraction of sp³-hybridized carbons (Fsp3) is 0.389. The summed E-state index contributed by atoms with van der Waals surface area (Å²) in [5, 5.41) is 6.65. The summed E-state index contributed by atoms with van der Waals surface area (Å²) in [7, 11) is 0. The van der Waals surface area contributed by atoms with Crippen molar-refractivity contribution < 1.29 is 9.59 Å². The summed E-state index contributed by atoms with van der Waals surface area (Å²) in [5.74, 6) is -0.461. The molecule has 25 heavy (non-hydrogen) atoms. The molecule has 0 aliphatic heterocycles. The van der Waals surface area contributed by atoms with Gasteiger partial charge in [-0.25, -0.2) is 4.98 Å². The molecule has 0 aliphatic rings. The number of hydrogen-bond acceptors (Lipinski definition) is 4. The first kappa shape index (κ1) is 19.4. The molecular formula is C18H22ClN3O2S. The molecule has 0 radical (unpaired) electrons. The molecule has 0 aliphatic carbocycles. The molecule has 0 bridgehead atoms. The van der Waals surface area contributed by atoms with Gasteiger partial charge in [-0.15, -0.1) is 11.3 Å². The highest BCUT2D eigenvalue weighted by Crippen LogP contribution is 2.22. The number of nitrogens with zero attached hydrogens (tertiary/aromatic N) is 1. The van der Waals surface area contributed by atoms with Crippen LogP contribution in [-0.4, -0.2) is 22.8 Å². The van der Waals surface area contributed by atoms with Crippen LogP contribution in [0.25, 0.3) is 0 Å². The Kier molecular flexibility index (Phi) is 6.19. The van der Waals surface area contributed by atoms with Gasteiger partial charge in [-0.2, -0.15) is 0 Å². The van der Waals surface area contributed by atoms with Crippen molar-refractivity contribution in [2.24, 2.45) is 5.41 Å². The highest BCUT2D eigenvalue weighted by atomic mass is 35.5. The number of benzene rings is 1. The van der Waals surface area contributed by atoms with Gasteiger partial charge >= 0.3 is 0 Å². The molecule has 1 aromatic heterocycles. The normalized spacial score (nSPS) is 12.5. The number of carbonyl (C=O) groups is 2. The van der Waals surface area contributed by atoms with Gasteiger partial charge in [0, 0.05) is 27.9 Å². The zero-order valence-corrected chi connectivity index (χ0v) is 16.3. The molecule has 7 heteroatoms. The van der Waals surface area contributed by atoms with E-state index < -0.39 is 11.5 Å². The average Bonchev–Trinajstić information content (AvgIpc) is 2.93. The maximum absolute atomic E-state index is 12.2. The molecule has 0 fully saturated rings. The molecule has 2 aromatic rings. The van der Waals surface area contributed by atoms with E-state index >= 15 is 0 Å². The summed E-state index contributed by atoms with van der Waals surface area (Å²) < 4.78 is 0. The first-order valence-electron chi connectivity index (χ1n) is 7.96. The Morgan fingerprint density at radius 1 is 1.32 bits per heavy atom. The van der Waals surface area contributed by atoms with Gasteiger partial charge in [0.25, 0.3) is 0 Å². The second-order valence-corrected chi connectivity index (χ2v) is 8.42.